The molecule has 6 heteroatoms. The number of nitrogen functional groups attached to an aromatic ring is 1. The average molecular weight is 267 g/mol. The minimum absolute atomic E-state index is 0.0887. The molecular weight excluding hydrogens is 246 g/mol. The van der Waals surface area contributed by atoms with Crippen LogP contribution in [0.1, 0.15) is 0 Å². The summed E-state index contributed by atoms with van der Waals surface area (Å²) in [6, 6.07) is 6.96. The zero-order chi connectivity index (χ0) is 14.3. The number of hydrogen-bond acceptors (Lipinski definition) is 5. The summed E-state index contributed by atoms with van der Waals surface area (Å²) in [6.07, 6.45) is -0.660. The normalized spacial score (nSPS) is 12.2. The molecule has 1 aromatic carbocycles. The third-order valence-corrected chi connectivity index (χ3v) is 2.54. The van der Waals surface area contributed by atoms with Gasteiger partial charge < -0.3 is 20.9 Å². The number of aliphatic hydroxyl groups excluding tert-OH is 1. The molecule has 19 heavy (non-hydrogen) atoms. The number of ether oxygens (including phenoxy) is 1. The Hall–Kier alpha value is -1.79. The summed E-state index contributed by atoms with van der Waals surface area (Å²) in [6.45, 7) is 0.778. The van der Waals surface area contributed by atoms with Crippen LogP contribution in [0.2, 0.25) is 0 Å². The summed E-state index contributed by atoms with van der Waals surface area (Å²) in [7, 11) is 3.35. The number of carbonyl (C=O) groups is 1. The number of carbonyl (C=O) groups excluding carboxylic acids is 1. The molecule has 0 radical (unpaired) electrons. The van der Waals surface area contributed by atoms with E-state index in [9.17, 15) is 9.90 Å². The van der Waals surface area contributed by atoms with Crippen LogP contribution in [-0.4, -0.2) is 55.8 Å². The molecule has 0 saturated carbocycles. The van der Waals surface area contributed by atoms with Crippen LogP contribution in [-0.2, 0) is 4.79 Å². The second-order valence-corrected chi connectivity index (χ2v) is 4.40. The zero-order valence-electron chi connectivity index (χ0n) is 11.3. The summed E-state index contributed by atoms with van der Waals surface area (Å²) in [5.41, 5.74) is 6.22. The van der Waals surface area contributed by atoms with Gasteiger partial charge in [0.25, 0.3) is 0 Å². The topological polar surface area (TPSA) is 87.8 Å². The third kappa shape index (κ3) is 6.08. The van der Waals surface area contributed by atoms with E-state index in [0.717, 1.165) is 0 Å². The van der Waals surface area contributed by atoms with E-state index >= 15 is 0 Å². The molecule has 6 nitrogen and oxygen atoms in total. The summed E-state index contributed by atoms with van der Waals surface area (Å²) >= 11 is 0. The Bertz CT molecular complexity index is 395. The lowest BCUT2D eigenvalue weighted by molar-refractivity contribution is -0.121. The van der Waals surface area contributed by atoms with Crippen molar-refractivity contribution in [1.29, 1.82) is 0 Å². The van der Waals surface area contributed by atoms with Crippen molar-refractivity contribution < 1.29 is 14.6 Å². The standard InChI is InChI=1S/C13H21N3O3/c1-15-13(18)8-16(2)7-11(17)9-19-12-5-3-10(14)4-6-12/h3-6,11,17H,7-9,14H2,1-2H3,(H,15,18). The molecule has 0 aliphatic heterocycles. The van der Waals surface area contributed by atoms with E-state index < -0.39 is 6.10 Å². The van der Waals surface area contributed by atoms with Crippen LogP contribution in [0.3, 0.4) is 0 Å². The van der Waals surface area contributed by atoms with Crippen LogP contribution in [0, 0.1) is 0 Å². The van der Waals surface area contributed by atoms with E-state index in [4.69, 9.17) is 10.5 Å². The van der Waals surface area contributed by atoms with Crippen molar-refractivity contribution in [1.82, 2.24) is 10.2 Å². The number of nitrogens with zero attached hydrogens (tertiary/aromatic N) is 1. The predicted molar refractivity (Wildman–Crippen MR) is 73.9 cm³/mol. The lowest BCUT2D eigenvalue weighted by atomic mass is 10.3. The first kappa shape index (κ1) is 15.3. The number of aliphatic hydroxyl groups is 1. The molecule has 0 aliphatic carbocycles. The molecular formula is C13H21N3O3. The van der Waals surface area contributed by atoms with Crippen LogP contribution in [0.4, 0.5) is 5.69 Å². The summed E-state index contributed by atoms with van der Waals surface area (Å²) < 4.78 is 5.42. The van der Waals surface area contributed by atoms with Crippen LogP contribution >= 0.6 is 0 Å². The zero-order valence-corrected chi connectivity index (χ0v) is 11.3. The van der Waals surface area contributed by atoms with Crippen molar-refractivity contribution in [2.45, 2.75) is 6.10 Å². The Morgan fingerprint density at radius 2 is 2.11 bits per heavy atom. The van der Waals surface area contributed by atoms with Crippen LogP contribution in [0.5, 0.6) is 5.75 Å². The summed E-state index contributed by atoms with van der Waals surface area (Å²) in [5.74, 6) is 0.566. The minimum atomic E-state index is -0.660. The molecule has 4 N–H and O–H groups in total. The van der Waals surface area contributed by atoms with Crippen molar-refractivity contribution in [2.75, 3.05) is 39.5 Å². The van der Waals surface area contributed by atoms with E-state index in [0.29, 0.717) is 18.0 Å². The van der Waals surface area contributed by atoms with E-state index in [2.05, 4.69) is 5.32 Å². The fourth-order valence-corrected chi connectivity index (χ4v) is 1.56. The molecule has 0 fully saturated rings. The number of benzene rings is 1. The first-order chi connectivity index (χ1) is 9.01. The maximum atomic E-state index is 11.1. The van der Waals surface area contributed by atoms with Gasteiger partial charge in [0.1, 0.15) is 18.5 Å². The summed E-state index contributed by atoms with van der Waals surface area (Å²) in [5, 5.41) is 12.3. The highest BCUT2D eigenvalue weighted by atomic mass is 16.5. The van der Waals surface area contributed by atoms with Crippen molar-refractivity contribution >= 4 is 11.6 Å². The molecule has 1 atom stereocenters. The van der Waals surface area contributed by atoms with Gasteiger partial charge in [-0.15, -0.1) is 0 Å². The first-order valence-electron chi connectivity index (χ1n) is 6.06. The van der Waals surface area contributed by atoms with Gasteiger partial charge in [0, 0.05) is 19.3 Å². The van der Waals surface area contributed by atoms with Crippen LogP contribution in [0.15, 0.2) is 24.3 Å². The van der Waals surface area contributed by atoms with Gasteiger partial charge in [0.05, 0.1) is 6.54 Å². The largest absolute Gasteiger partial charge is 0.491 e. The van der Waals surface area contributed by atoms with Gasteiger partial charge >= 0.3 is 0 Å². The third-order valence-electron chi connectivity index (χ3n) is 2.54. The molecule has 0 bridgehead atoms. The van der Waals surface area contributed by atoms with Gasteiger partial charge in [-0.3, -0.25) is 9.69 Å². The Kier molecular flexibility index (Phi) is 6.11. The molecule has 1 unspecified atom stereocenters. The van der Waals surface area contributed by atoms with Crippen molar-refractivity contribution in [3.8, 4) is 5.75 Å². The Morgan fingerprint density at radius 3 is 2.68 bits per heavy atom. The molecule has 1 aromatic rings. The number of nitrogens with two attached hydrogens (primary N) is 1. The quantitative estimate of drug-likeness (QED) is 0.590. The number of hydrogen-bond donors (Lipinski definition) is 3. The molecule has 106 valence electrons. The second-order valence-electron chi connectivity index (χ2n) is 4.40. The van der Waals surface area contributed by atoms with Gasteiger partial charge in [-0.2, -0.15) is 0 Å². The van der Waals surface area contributed by atoms with Gasteiger partial charge in [-0.1, -0.05) is 0 Å². The number of amides is 1. The summed E-state index contributed by atoms with van der Waals surface area (Å²) in [4.78, 5) is 12.9. The molecule has 0 spiro atoms. The molecule has 1 amide bonds. The Morgan fingerprint density at radius 1 is 1.47 bits per heavy atom. The maximum absolute atomic E-state index is 11.1. The molecule has 0 saturated heterocycles. The molecule has 0 aromatic heterocycles. The number of likely N-dealkylation sites (N-methyl/N-ethyl adjacent to an activating group) is 2. The highest BCUT2D eigenvalue weighted by Crippen LogP contribution is 2.13. The average Bonchev–Trinajstić information content (AvgIpc) is 2.37. The Labute approximate surface area is 113 Å². The monoisotopic (exact) mass is 267 g/mol. The number of anilines is 1. The lowest BCUT2D eigenvalue weighted by Gasteiger charge is -2.20. The fraction of sp³-hybridized carbons (Fsp3) is 0.462. The second kappa shape index (κ2) is 7.60. The van der Waals surface area contributed by atoms with Gasteiger partial charge in [0.2, 0.25) is 5.91 Å². The smallest absolute Gasteiger partial charge is 0.233 e. The SMILES string of the molecule is CNC(=O)CN(C)CC(O)COc1ccc(N)cc1. The van der Waals surface area contributed by atoms with Gasteiger partial charge in [-0.25, -0.2) is 0 Å². The van der Waals surface area contributed by atoms with Crippen molar-refractivity contribution in [3.05, 3.63) is 24.3 Å². The van der Waals surface area contributed by atoms with Crippen LogP contribution < -0.4 is 15.8 Å². The molecule has 1 rings (SSSR count). The fourth-order valence-electron chi connectivity index (χ4n) is 1.56. The van der Waals surface area contributed by atoms with Gasteiger partial charge in [-0.05, 0) is 31.3 Å². The highest BCUT2D eigenvalue weighted by Gasteiger charge is 2.11. The van der Waals surface area contributed by atoms with E-state index in [-0.39, 0.29) is 19.1 Å². The van der Waals surface area contributed by atoms with E-state index in [1.165, 1.54) is 0 Å². The minimum Gasteiger partial charge on any atom is -0.491 e. The number of nitrogens with one attached hydrogen (secondary N) is 1. The maximum Gasteiger partial charge on any atom is 0.233 e. The van der Waals surface area contributed by atoms with Crippen molar-refractivity contribution in [3.63, 3.8) is 0 Å². The van der Waals surface area contributed by atoms with E-state index in [1.54, 1.807) is 43.3 Å². The Balaban J connectivity index is 2.29. The first-order valence-corrected chi connectivity index (χ1v) is 6.06. The highest BCUT2D eigenvalue weighted by molar-refractivity contribution is 5.77. The predicted octanol–water partition coefficient (Wildman–Crippen LogP) is -0.314. The number of rotatable bonds is 7. The molecule has 0 aliphatic rings. The van der Waals surface area contributed by atoms with E-state index in [1.807, 2.05) is 0 Å². The lowest BCUT2D eigenvalue weighted by Crippen LogP contribution is -2.39. The van der Waals surface area contributed by atoms with Gasteiger partial charge in [0.15, 0.2) is 0 Å². The van der Waals surface area contributed by atoms with Crippen molar-refractivity contribution in [2.24, 2.45) is 0 Å². The molecule has 0 heterocycles. The van der Waals surface area contributed by atoms with Crippen LogP contribution in [0.25, 0.3) is 0 Å².